The van der Waals surface area contributed by atoms with Gasteiger partial charge in [-0.05, 0) is 37.5 Å². The summed E-state index contributed by atoms with van der Waals surface area (Å²) in [7, 11) is 3.60. The van der Waals surface area contributed by atoms with Crippen LogP contribution in [0.4, 0.5) is 0 Å². The lowest BCUT2D eigenvalue weighted by Crippen LogP contribution is -2.48. The molecule has 2 heterocycles. The molecule has 0 bridgehead atoms. The van der Waals surface area contributed by atoms with Crippen LogP contribution in [0.3, 0.4) is 0 Å². The van der Waals surface area contributed by atoms with Crippen LogP contribution in [0.1, 0.15) is 39.0 Å². The van der Waals surface area contributed by atoms with Crippen LogP contribution in [0, 0.1) is 6.92 Å². The molecule has 1 aromatic carbocycles. The Balaban J connectivity index is 1.63. The number of likely N-dealkylation sites (N-methyl/N-ethyl adjacent to an activating group) is 1. The molecule has 1 unspecified atom stereocenters. The SMILES string of the molecule is Cc1ccc(C(=O)NC2CCN(C(C(=O)N(C)C)c3ccccc3)CC2)s1. The molecule has 1 aromatic heterocycles. The molecule has 5 nitrogen and oxygen atoms in total. The Morgan fingerprint density at radius 3 is 2.33 bits per heavy atom. The zero-order valence-corrected chi connectivity index (χ0v) is 17.0. The van der Waals surface area contributed by atoms with Crippen molar-refractivity contribution in [3.63, 3.8) is 0 Å². The third kappa shape index (κ3) is 4.76. The van der Waals surface area contributed by atoms with Crippen LogP contribution in [0.15, 0.2) is 42.5 Å². The molecule has 144 valence electrons. The van der Waals surface area contributed by atoms with E-state index < -0.39 is 0 Å². The van der Waals surface area contributed by atoms with Gasteiger partial charge in [0.25, 0.3) is 5.91 Å². The lowest BCUT2D eigenvalue weighted by molar-refractivity contribution is -0.135. The van der Waals surface area contributed by atoms with Gasteiger partial charge in [-0.3, -0.25) is 14.5 Å². The topological polar surface area (TPSA) is 52.7 Å². The van der Waals surface area contributed by atoms with E-state index in [1.54, 1.807) is 19.0 Å². The zero-order valence-electron chi connectivity index (χ0n) is 16.1. The minimum Gasteiger partial charge on any atom is -0.349 e. The summed E-state index contributed by atoms with van der Waals surface area (Å²) in [5.74, 6) is 0.105. The van der Waals surface area contributed by atoms with Crippen LogP contribution < -0.4 is 5.32 Å². The number of amides is 2. The van der Waals surface area contributed by atoms with Crippen molar-refractivity contribution in [2.24, 2.45) is 0 Å². The Morgan fingerprint density at radius 2 is 1.78 bits per heavy atom. The number of hydrogen-bond acceptors (Lipinski definition) is 4. The van der Waals surface area contributed by atoms with Gasteiger partial charge < -0.3 is 10.2 Å². The van der Waals surface area contributed by atoms with Gasteiger partial charge in [0.05, 0.1) is 4.88 Å². The molecule has 0 spiro atoms. The molecule has 27 heavy (non-hydrogen) atoms. The van der Waals surface area contributed by atoms with E-state index in [9.17, 15) is 9.59 Å². The number of hydrogen-bond donors (Lipinski definition) is 1. The van der Waals surface area contributed by atoms with Crippen LogP contribution in [-0.4, -0.2) is 54.8 Å². The number of thiophene rings is 1. The molecule has 1 atom stereocenters. The van der Waals surface area contributed by atoms with E-state index >= 15 is 0 Å². The van der Waals surface area contributed by atoms with Gasteiger partial charge in [0.15, 0.2) is 0 Å². The van der Waals surface area contributed by atoms with Crippen molar-refractivity contribution in [3.05, 3.63) is 57.8 Å². The van der Waals surface area contributed by atoms with E-state index in [1.807, 2.05) is 49.4 Å². The minimum absolute atomic E-state index is 0.00975. The quantitative estimate of drug-likeness (QED) is 0.861. The van der Waals surface area contributed by atoms with Crippen molar-refractivity contribution in [3.8, 4) is 0 Å². The second-order valence-electron chi connectivity index (χ2n) is 7.24. The summed E-state index contributed by atoms with van der Waals surface area (Å²) >= 11 is 1.52. The summed E-state index contributed by atoms with van der Waals surface area (Å²) in [6.07, 6.45) is 1.69. The third-order valence-electron chi connectivity index (χ3n) is 4.98. The second kappa shape index (κ2) is 8.67. The number of carbonyl (C=O) groups excluding carboxylic acids is 2. The summed E-state index contributed by atoms with van der Waals surface area (Å²) < 4.78 is 0. The fourth-order valence-corrected chi connectivity index (χ4v) is 4.28. The summed E-state index contributed by atoms with van der Waals surface area (Å²) in [5, 5.41) is 3.15. The van der Waals surface area contributed by atoms with E-state index in [2.05, 4.69) is 10.2 Å². The molecular weight excluding hydrogens is 358 g/mol. The predicted molar refractivity (Wildman–Crippen MR) is 109 cm³/mol. The van der Waals surface area contributed by atoms with Crippen molar-refractivity contribution < 1.29 is 9.59 Å². The Labute approximate surface area is 165 Å². The normalized spacial score (nSPS) is 16.7. The molecule has 6 heteroatoms. The summed E-state index contributed by atoms with van der Waals surface area (Å²) in [6, 6.07) is 13.7. The van der Waals surface area contributed by atoms with E-state index in [0.29, 0.717) is 0 Å². The first-order valence-corrected chi connectivity index (χ1v) is 10.1. The standard InChI is InChI=1S/C21H27N3O2S/c1-15-9-10-18(27-15)20(25)22-17-11-13-24(14-12-17)19(21(26)23(2)3)16-7-5-4-6-8-16/h4-10,17,19H,11-14H2,1-3H3,(H,22,25). The molecule has 1 aliphatic rings. The van der Waals surface area contributed by atoms with Crippen LogP contribution in [0.25, 0.3) is 0 Å². The summed E-state index contributed by atoms with van der Waals surface area (Å²) in [5.41, 5.74) is 1.02. The van der Waals surface area contributed by atoms with Crippen LogP contribution in [0.2, 0.25) is 0 Å². The molecule has 2 amide bonds. The van der Waals surface area contributed by atoms with Crippen molar-refractivity contribution in [2.75, 3.05) is 27.2 Å². The Hall–Kier alpha value is -2.18. The first-order valence-electron chi connectivity index (χ1n) is 9.33. The van der Waals surface area contributed by atoms with Crippen molar-refractivity contribution >= 4 is 23.2 Å². The van der Waals surface area contributed by atoms with Gasteiger partial charge in [-0.2, -0.15) is 0 Å². The largest absolute Gasteiger partial charge is 0.349 e. The Kier molecular flexibility index (Phi) is 6.29. The average molecular weight is 386 g/mol. The van der Waals surface area contributed by atoms with E-state index in [-0.39, 0.29) is 23.9 Å². The van der Waals surface area contributed by atoms with E-state index in [4.69, 9.17) is 0 Å². The fraction of sp³-hybridized carbons (Fsp3) is 0.429. The zero-order chi connectivity index (χ0) is 19.4. The Bertz CT molecular complexity index is 780. The highest BCUT2D eigenvalue weighted by Gasteiger charge is 2.32. The number of likely N-dealkylation sites (tertiary alicyclic amines) is 1. The monoisotopic (exact) mass is 385 g/mol. The third-order valence-corrected chi connectivity index (χ3v) is 5.98. The highest BCUT2D eigenvalue weighted by Crippen LogP contribution is 2.26. The number of piperidine rings is 1. The van der Waals surface area contributed by atoms with Gasteiger partial charge in [-0.1, -0.05) is 30.3 Å². The lowest BCUT2D eigenvalue weighted by atomic mass is 9.98. The van der Waals surface area contributed by atoms with Crippen molar-refractivity contribution in [1.82, 2.24) is 15.1 Å². The first-order chi connectivity index (χ1) is 13.0. The van der Waals surface area contributed by atoms with Gasteiger partial charge in [-0.15, -0.1) is 11.3 Å². The summed E-state index contributed by atoms with van der Waals surface area (Å²) in [6.45, 7) is 3.58. The van der Waals surface area contributed by atoms with Gasteiger partial charge in [0, 0.05) is 38.1 Å². The van der Waals surface area contributed by atoms with Gasteiger partial charge >= 0.3 is 0 Å². The second-order valence-corrected chi connectivity index (χ2v) is 8.53. The Morgan fingerprint density at radius 1 is 1.11 bits per heavy atom. The molecule has 0 radical (unpaired) electrons. The smallest absolute Gasteiger partial charge is 0.261 e. The molecule has 1 N–H and O–H groups in total. The number of carbonyl (C=O) groups is 2. The lowest BCUT2D eigenvalue weighted by Gasteiger charge is -2.38. The molecule has 0 saturated carbocycles. The van der Waals surface area contributed by atoms with Gasteiger partial charge in [-0.25, -0.2) is 0 Å². The molecule has 1 saturated heterocycles. The number of rotatable bonds is 5. The molecule has 1 fully saturated rings. The molecule has 3 rings (SSSR count). The fourth-order valence-electron chi connectivity index (χ4n) is 3.50. The average Bonchev–Trinajstić information content (AvgIpc) is 3.10. The minimum atomic E-state index is -0.266. The number of nitrogens with zero attached hydrogens (tertiary/aromatic N) is 2. The van der Waals surface area contributed by atoms with Gasteiger partial charge in [0.2, 0.25) is 5.91 Å². The number of benzene rings is 1. The van der Waals surface area contributed by atoms with Crippen LogP contribution in [0.5, 0.6) is 0 Å². The maximum absolute atomic E-state index is 12.8. The van der Waals surface area contributed by atoms with Crippen molar-refractivity contribution in [1.29, 1.82) is 0 Å². The maximum Gasteiger partial charge on any atom is 0.261 e. The highest BCUT2D eigenvalue weighted by molar-refractivity contribution is 7.13. The predicted octanol–water partition coefficient (Wildman–Crippen LogP) is 3.08. The molecule has 1 aliphatic heterocycles. The summed E-state index contributed by atoms with van der Waals surface area (Å²) in [4.78, 5) is 31.0. The molecule has 0 aliphatic carbocycles. The van der Waals surface area contributed by atoms with Crippen molar-refractivity contribution in [2.45, 2.75) is 31.8 Å². The van der Waals surface area contributed by atoms with Crippen LogP contribution in [-0.2, 0) is 4.79 Å². The molecule has 2 aromatic rings. The molecular formula is C21H27N3O2S. The first kappa shape index (κ1) is 19.6. The van der Waals surface area contributed by atoms with E-state index in [0.717, 1.165) is 41.2 Å². The van der Waals surface area contributed by atoms with Crippen LogP contribution >= 0.6 is 11.3 Å². The number of nitrogens with one attached hydrogen (secondary N) is 1. The maximum atomic E-state index is 12.8. The number of aryl methyl sites for hydroxylation is 1. The van der Waals surface area contributed by atoms with Gasteiger partial charge in [0.1, 0.15) is 6.04 Å². The van der Waals surface area contributed by atoms with E-state index in [1.165, 1.54) is 11.3 Å². The highest BCUT2D eigenvalue weighted by atomic mass is 32.1.